The van der Waals surface area contributed by atoms with Crippen LogP contribution in [0.15, 0.2) is 0 Å². The van der Waals surface area contributed by atoms with Crippen LogP contribution in [-0.4, -0.2) is 12.0 Å². The summed E-state index contributed by atoms with van der Waals surface area (Å²) in [7, 11) is 0. The third kappa shape index (κ3) is 2.17. The van der Waals surface area contributed by atoms with E-state index in [1.54, 1.807) is 0 Å². The molecule has 0 unspecified atom stereocenters. The van der Waals surface area contributed by atoms with Crippen LogP contribution < -0.4 is 0 Å². The molecule has 1 saturated carbocycles. The largest absolute Gasteiger partial charge is 0.314 e. The summed E-state index contributed by atoms with van der Waals surface area (Å²) in [6.07, 6.45) is 2.32. The predicted octanol–water partition coefficient (Wildman–Crippen LogP) is 3.12. The molecular formula is C9H13F2N. The van der Waals surface area contributed by atoms with Crippen molar-refractivity contribution in [2.45, 2.75) is 44.6 Å². The van der Waals surface area contributed by atoms with Crippen molar-refractivity contribution in [3.8, 4) is 0 Å². The Kier molecular flexibility index (Phi) is 2.66. The molecular weight excluding hydrogens is 160 g/mol. The topological polar surface area (TPSA) is 4.36 Å². The molecule has 1 rings (SSSR count). The van der Waals surface area contributed by atoms with Gasteiger partial charge in [0.15, 0.2) is 0 Å². The fraction of sp³-hybridized carbons (Fsp3) is 0.889. The first-order chi connectivity index (χ1) is 5.54. The van der Waals surface area contributed by atoms with E-state index in [0.717, 1.165) is 6.92 Å². The zero-order valence-corrected chi connectivity index (χ0v) is 7.19. The molecule has 0 aromatic heterocycles. The van der Waals surface area contributed by atoms with Gasteiger partial charge in [0.1, 0.15) is 0 Å². The van der Waals surface area contributed by atoms with Crippen molar-refractivity contribution >= 4 is 0 Å². The second-order valence-electron chi connectivity index (χ2n) is 3.59. The Morgan fingerprint density at radius 3 is 2.08 bits per heavy atom. The molecule has 1 nitrogen and oxygen atoms in total. The van der Waals surface area contributed by atoms with Gasteiger partial charge >= 0.3 is 0 Å². The zero-order chi connectivity index (χ0) is 9.19. The second-order valence-corrected chi connectivity index (χ2v) is 3.59. The van der Waals surface area contributed by atoms with Gasteiger partial charge in [0.05, 0.1) is 0 Å². The van der Waals surface area contributed by atoms with Gasteiger partial charge in [-0.3, -0.25) is 0 Å². The van der Waals surface area contributed by atoms with E-state index in [2.05, 4.69) is 4.85 Å². The molecule has 3 heteroatoms. The van der Waals surface area contributed by atoms with E-state index in [4.69, 9.17) is 6.57 Å². The van der Waals surface area contributed by atoms with E-state index in [9.17, 15) is 8.78 Å². The molecule has 0 aromatic carbocycles. The maximum Gasteiger partial charge on any atom is 0.248 e. The van der Waals surface area contributed by atoms with Crippen LogP contribution in [0, 0.1) is 12.5 Å². The van der Waals surface area contributed by atoms with Crippen LogP contribution in [0.2, 0.25) is 0 Å². The summed E-state index contributed by atoms with van der Waals surface area (Å²) < 4.78 is 25.5. The number of halogens is 2. The fourth-order valence-corrected chi connectivity index (χ4v) is 1.71. The number of nitrogens with zero attached hydrogens (tertiary/aromatic N) is 1. The van der Waals surface area contributed by atoms with Crippen molar-refractivity contribution in [2.24, 2.45) is 5.92 Å². The van der Waals surface area contributed by atoms with Crippen molar-refractivity contribution in [3.63, 3.8) is 0 Å². The summed E-state index contributed by atoms with van der Waals surface area (Å²) in [6, 6.07) is 0.00333. The molecule has 0 bridgehead atoms. The Morgan fingerprint density at radius 1 is 1.25 bits per heavy atom. The highest BCUT2D eigenvalue weighted by atomic mass is 19.3. The maximum atomic E-state index is 12.8. The average Bonchev–Trinajstić information content (AvgIpc) is 2.03. The van der Waals surface area contributed by atoms with Crippen LogP contribution in [0.3, 0.4) is 0 Å². The summed E-state index contributed by atoms with van der Waals surface area (Å²) in [5, 5.41) is 0. The molecule has 0 radical (unpaired) electrons. The first kappa shape index (κ1) is 9.44. The van der Waals surface area contributed by atoms with Crippen LogP contribution in [0.4, 0.5) is 8.78 Å². The highest BCUT2D eigenvalue weighted by Crippen LogP contribution is 2.36. The lowest BCUT2D eigenvalue weighted by Crippen LogP contribution is -2.29. The molecule has 68 valence electrons. The van der Waals surface area contributed by atoms with E-state index in [-0.39, 0.29) is 6.04 Å². The second kappa shape index (κ2) is 3.38. The van der Waals surface area contributed by atoms with Gasteiger partial charge in [0.25, 0.3) is 0 Å². The van der Waals surface area contributed by atoms with Gasteiger partial charge in [-0.1, -0.05) is 0 Å². The van der Waals surface area contributed by atoms with Crippen LogP contribution in [0.1, 0.15) is 32.6 Å². The smallest absolute Gasteiger partial charge is 0.248 e. The van der Waals surface area contributed by atoms with E-state index in [0.29, 0.717) is 25.7 Å². The monoisotopic (exact) mass is 173 g/mol. The first-order valence-electron chi connectivity index (χ1n) is 4.28. The summed E-state index contributed by atoms with van der Waals surface area (Å²) in [4.78, 5) is 3.37. The Hall–Kier alpha value is -0.650. The summed E-state index contributed by atoms with van der Waals surface area (Å²) >= 11 is 0. The minimum Gasteiger partial charge on any atom is -0.314 e. The minimum absolute atomic E-state index is 0.00333. The highest BCUT2D eigenvalue weighted by molar-refractivity contribution is 4.87. The molecule has 0 heterocycles. The number of hydrogen-bond donors (Lipinski definition) is 0. The lowest BCUT2D eigenvalue weighted by molar-refractivity contribution is -0.0533. The minimum atomic E-state index is -2.55. The molecule has 0 saturated heterocycles. The number of alkyl halides is 2. The summed E-state index contributed by atoms with van der Waals surface area (Å²) in [6.45, 7) is 7.74. The maximum absolute atomic E-state index is 12.8. The van der Waals surface area contributed by atoms with Crippen molar-refractivity contribution in [1.82, 2.24) is 0 Å². The lowest BCUT2D eigenvalue weighted by Gasteiger charge is -2.27. The third-order valence-electron chi connectivity index (χ3n) is 2.60. The van der Waals surface area contributed by atoms with E-state index < -0.39 is 11.8 Å². The average molecular weight is 173 g/mol. The van der Waals surface area contributed by atoms with Crippen molar-refractivity contribution < 1.29 is 8.78 Å². The van der Waals surface area contributed by atoms with Gasteiger partial charge in [0.2, 0.25) is 12.0 Å². The Morgan fingerprint density at radius 2 is 1.75 bits per heavy atom. The van der Waals surface area contributed by atoms with Crippen molar-refractivity contribution in [1.29, 1.82) is 0 Å². The van der Waals surface area contributed by atoms with Crippen LogP contribution >= 0.6 is 0 Å². The quantitative estimate of drug-likeness (QED) is 0.536. The van der Waals surface area contributed by atoms with Crippen molar-refractivity contribution in [2.75, 3.05) is 0 Å². The van der Waals surface area contributed by atoms with Gasteiger partial charge in [-0.05, 0) is 19.8 Å². The first-order valence-corrected chi connectivity index (χ1v) is 4.28. The molecule has 1 fully saturated rings. The molecule has 0 aliphatic heterocycles. The Labute approximate surface area is 71.6 Å². The molecule has 0 spiro atoms. The molecule has 1 aliphatic rings. The van der Waals surface area contributed by atoms with E-state index >= 15 is 0 Å². The summed E-state index contributed by atoms with van der Waals surface area (Å²) in [5.41, 5.74) is 0. The fourth-order valence-electron chi connectivity index (χ4n) is 1.71. The summed E-state index contributed by atoms with van der Waals surface area (Å²) in [5.74, 6) is -3.04. The molecule has 0 atom stereocenters. The standard InChI is InChI=1S/C9H13F2N/c1-9(10,11)7-3-5-8(12-2)6-4-7/h7-8H,3-6H2,1H3. The predicted molar refractivity (Wildman–Crippen MR) is 43.0 cm³/mol. The SMILES string of the molecule is [C-]#[N+]C1CCC(C(C)(F)F)CC1. The van der Waals surface area contributed by atoms with Gasteiger partial charge < -0.3 is 4.85 Å². The molecule has 0 aromatic rings. The van der Waals surface area contributed by atoms with Crippen LogP contribution in [0.5, 0.6) is 0 Å². The van der Waals surface area contributed by atoms with Crippen LogP contribution in [0.25, 0.3) is 4.85 Å². The van der Waals surface area contributed by atoms with Crippen molar-refractivity contribution in [3.05, 3.63) is 11.4 Å². The third-order valence-corrected chi connectivity index (χ3v) is 2.60. The normalized spacial score (nSPS) is 31.2. The molecule has 0 N–H and O–H groups in total. The lowest BCUT2D eigenvalue weighted by atomic mass is 9.83. The van der Waals surface area contributed by atoms with E-state index in [1.165, 1.54) is 0 Å². The molecule has 0 amide bonds. The molecule has 12 heavy (non-hydrogen) atoms. The van der Waals surface area contributed by atoms with Gasteiger partial charge in [-0.25, -0.2) is 15.4 Å². The van der Waals surface area contributed by atoms with Crippen LogP contribution in [-0.2, 0) is 0 Å². The van der Waals surface area contributed by atoms with Gasteiger partial charge in [-0.2, -0.15) is 0 Å². The Balaban J connectivity index is 2.42. The molecule has 1 aliphatic carbocycles. The number of hydrogen-bond acceptors (Lipinski definition) is 0. The van der Waals surface area contributed by atoms with Gasteiger partial charge in [0, 0.05) is 18.8 Å². The Bertz CT molecular complexity index is 182. The highest BCUT2D eigenvalue weighted by Gasteiger charge is 2.38. The zero-order valence-electron chi connectivity index (χ0n) is 7.19. The van der Waals surface area contributed by atoms with E-state index in [1.807, 2.05) is 0 Å². The van der Waals surface area contributed by atoms with Gasteiger partial charge in [-0.15, -0.1) is 0 Å². The number of rotatable bonds is 1.